The molecule has 1 atom stereocenters. The van der Waals surface area contributed by atoms with E-state index in [9.17, 15) is 4.79 Å². The summed E-state index contributed by atoms with van der Waals surface area (Å²) >= 11 is 0. The van der Waals surface area contributed by atoms with E-state index in [1.54, 1.807) is 0 Å². The van der Waals surface area contributed by atoms with Crippen LogP contribution in [0, 0.1) is 0 Å². The SMILES string of the molecule is CN1c2ccccc2N2C(=O)CCC12C. The summed E-state index contributed by atoms with van der Waals surface area (Å²) in [6, 6.07) is 8.11. The number of hydrogen-bond acceptors (Lipinski definition) is 2. The molecule has 1 amide bonds. The minimum absolute atomic E-state index is 0.138. The van der Waals surface area contributed by atoms with E-state index in [0.717, 1.165) is 17.8 Å². The van der Waals surface area contributed by atoms with Crippen LogP contribution in [0.4, 0.5) is 11.4 Å². The van der Waals surface area contributed by atoms with Gasteiger partial charge in [0.05, 0.1) is 11.4 Å². The summed E-state index contributed by atoms with van der Waals surface area (Å²) in [5.74, 6) is 0.245. The van der Waals surface area contributed by atoms with Crippen LogP contribution in [0.5, 0.6) is 0 Å². The van der Waals surface area contributed by atoms with E-state index in [1.165, 1.54) is 0 Å². The molecule has 1 aromatic carbocycles. The van der Waals surface area contributed by atoms with Crippen LogP contribution in [-0.4, -0.2) is 18.6 Å². The summed E-state index contributed by atoms with van der Waals surface area (Å²) in [5.41, 5.74) is 2.08. The van der Waals surface area contributed by atoms with Crippen molar-refractivity contribution in [3.05, 3.63) is 24.3 Å². The van der Waals surface area contributed by atoms with Crippen LogP contribution < -0.4 is 9.80 Å². The summed E-state index contributed by atoms with van der Waals surface area (Å²) in [7, 11) is 2.07. The van der Waals surface area contributed by atoms with Crippen LogP contribution in [0.15, 0.2) is 24.3 Å². The van der Waals surface area contributed by atoms with Crippen molar-refractivity contribution in [3.8, 4) is 0 Å². The summed E-state index contributed by atoms with van der Waals surface area (Å²) in [6.45, 7) is 2.14. The predicted molar refractivity (Wildman–Crippen MR) is 60.0 cm³/mol. The minimum atomic E-state index is -0.138. The third kappa shape index (κ3) is 0.881. The first-order chi connectivity index (χ1) is 7.14. The number of para-hydroxylation sites is 2. The fourth-order valence-corrected chi connectivity index (χ4v) is 2.74. The van der Waals surface area contributed by atoms with Gasteiger partial charge >= 0.3 is 0 Å². The molecular formula is C12H14N2O. The number of hydrogen-bond donors (Lipinski definition) is 0. The van der Waals surface area contributed by atoms with Gasteiger partial charge in [0.1, 0.15) is 5.66 Å². The van der Waals surface area contributed by atoms with Crippen LogP contribution in [-0.2, 0) is 4.79 Å². The van der Waals surface area contributed by atoms with Gasteiger partial charge in [-0.3, -0.25) is 9.69 Å². The van der Waals surface area contributed by atoms with E-state index in [-0.39, 0.29) is 11.6 Å². The Morgan fingerprint density at radius 2 is 1.93 bits per heavy atom. The van der Waals surface area contributed by atoms with Gasteiger partial charge in [0, 0.05) is 13.5 Å². The van der Waals surface area contributed by atoms with Gasteiger partial charge in [-0.2, -0.15) is 0 Å². The second-order valence-corrected chi connectivity index (χ2v) is 4.49. The highest BCUT2D eigenvalue weighted by molar-refractivity contribution is 6.04. The van der Waals surface area contributed by atoms with E-state index >= 15 is 0 Å². The van der Waals surface area contributed by atoms with E-state index in [1.807, 2.05) is 23.1 Å². The molecule has 78 valence electrons. The molecule has 0 radical (unpaired) electrons. The molecule has 1 fully saturated rings. The lowest BCUT2D eigenvalue weighted by molar-refractivity contribution is -0.117. The van der Waals surface area contributed by atoms with E-state index in [2.05, 4.69) is 24.9 Å². The number of fused-ring (bicyclic) bond motifs is 3. The first-order valence-electron chi connectivity index (χ1n) is 5.30. The molecule has 1 unspecified atom stereocenters. The highest BCUT2D eigenvalue weighted by Crippen LogP contribution is 2.49. The van der Waals surface area contributed by atoms with Gasteiger partial charge in [-0.15, -0.1) is 0 Å². The van der Waals surface area contributed by atoms with Gasteiger partial charge < -0.3 is 4.90 Å². The molecule has 2 aliphatic heterocycles. The van der Waals surface area contributed by atoms with Gasteiger partial charge in [-0.25, -0.2) is 0 Å². The Morgan fingerprint density at radius 3 is 2.67 bits per heavy atom. The highest BCUT2D eigenvalue weighted by atomic mass is 16.2. The summed E-state index contributed by atoms with van der Waals surface area (Å²) < 4.78 is 0. The van der Waals surface area contributed by atoms with Gasteiger partial charge in [-0.1, -0.05) is 12.1 Å². The first kappa shape index (κ1) is 8.77. The molecular weight excluding hydrogens is 188 g/mol. The predicted octanol–water partition coefficient (Wildman–Crippen LogP) is 1.98. The molecule has 0 aliphatic carbocycles. The Labute approximate surface area is 89.3 Å². The quantitative estimate of drug-likeness (QED) is 0.642. The molecule has 3 heteroatoms. The Kier molecular flexibility index (Phi) is 1.48. The maximum atomic E-state index is 11.9. The Balaban J connectivity index is 2.23. The zero-order valence-corrected chi connectivity index (χ0v) is 9.03. The zero-order valence-electron chi connectivity index (χ0n) is 9.03. The van der Waals surface area contributed by atoms with Gasteiger partial charge in [0.25, 0.3) is 0 Å². The van der Waals surface area contributed by atoms with Crippen molar-refractivity contribution in [2.75, 3.05) is 16.8 Å². The number of rotatable bonds is 0. The van der Waals surface area contributed by atoms with Crippen LogP contribution in [0.1, 0.15) is 19.8 Å². The molecule has 3 rings (SSSR count). The molecule has 15 heavy (non-hydrogen) atoms. The van der Waals surface area contributed by atoms with Crippen molar-refractivity contribution < 1.29 is 4.79 Å². The molecule has 2 aliphatic rings. The van der Waals surface area contributed by atoms with Crippen molar-refractivity contribution in [2.45, 2.75) is 25.4 Å². The molecule has 1 saturated heterocycles. The monoisotopic (exact) mass is 202 g/mol. The van der Waals surface area contributed by atoms with Crippen molar-refractivity contribution in [1.82, 2.24) is 0 Å². The second kappa shape index (κ2) is 2.54. The smallest absolute Gasteiger partial charge is 0.229 e. The fraction of sp³-hybridized carbons (Fsp3) is 0.417. The summed E-state index contributed by atoms with van der Waals surface area (Å²) in [4.78, 5) is 16.0. The molecule has 0 saturated carbocycles. The van der Waals surface area contributed by atoms with E-state index in [4.69, 9.17) is 0 Å². The van der Waals surface area contributed by atoms with Crippen LogP contribution in [0.2, 0.25) is 0 Å². The van der Waals surface area contributed by atoms with Gasteiger partial charge in [0.2, 0.25) is 5.91 Å². The van der Waals surface area contributed by atoms with Crippen molar-refractivity contribution >= 4 is 17.3 Å². The topological polar surface area (TPSA) is 23.6 Å². The standard InChI is InChI=1S/C12H14N2O/c1-12-8-7-11(15)14(12)10-6-4-3-5-9(10)13(12)2/h3-6H,7-8H2,1-2H3. The third-order valence-corrected chi connectivity index (χ3v) is 3.75. The normalized spacial score (nSPS) is 28.3. The van der Waals surface area contributed by atoms with E-state index in [0.29, 0.717) is 6.42 Å². The molecule has 3 nitrogen and oxygen atoms in total. The second-order valence-electron chi connectivity index (χ2n) is 4.49. The van der Waals surface area contributed by atoms with Crippen LogP contribution >= 0.6 is 0 Å². The van der Waals surface area contributed by atoms with Crippen molar-refractivity contribution in [2.24, 2.45) is 0 Å². The Morgan fingerprint density at radius 1 is 1.27 bits per heavy atom. The maximum Gasteiger partial charge on any atom is 0.229 e. The molecule has 0 aromatic heterocycles. The Hall–Kier alpha value is -1.51. The van der Waals surface area contributed by atoms with E-state index < -0.39 is 0 Å². The number of carbonyl (C=O) groups is 1. The lowest BCUT2D eigenvalue weighted by atomic mass is 10.1. The minimum Gasteiger partial charge on any atom is -0.350 e. The lowest BCUT2D eigenvalue weighted by Crippen LogP contribution is -2.50. The van der Waals surface area contributed by atoms with Crippen LogP contribution in [0.3, 0.4) is 0 Å². The van der Waals surface area contributed by atoms with Crippen molar-refractivity contribution in [1.29, 1.82) is 0 Å². The molecule has 0 spiro atoms. The summed E-state index contributed by atoms with van der Waals surface area (Å²) in [6.07, 6.45) is 1.58. The number of anilines is 2. The van der Waals surface area contributed by atoms with Gasteiger partial charge in [0.15, 0.2) is 0 Å². The fourth-order valence-electron chi connectivity index (χ4n) is 2.74. The molecule has 0 bridgehead atoms. The van der Waals surface area contributed by atoms with Gasteiger partial charge in [-0.05, 0) is 25.5 Å². The largest absolute Gasteiger partial charge is 0.350 e. The number of carbonyl (C=O) groups excluding carboxylic acids is 1. The number of benzene rings is 1. The summed E-state index contributed by atoms with van der Waals surface area (Å²) in [5, 5.41) is 0. The zero-order chi connectivity index (χ0) is 10.6. The van der Waals surface area contributed by atoms with Crippen LogP contribution in [0.25, 0.3) is 0 Å². The first-order valence-corrected chi connectivity index (χ1v) is 5.30. The highest BCUT2D eigenvalue weighted by Gasteiger charge is 2.51. The number of amides is 1. The number of nitrogens with zero attached hydrogens (tertiary/aromatic N) is 2. The average molecular weight is 202 g/mol. The third-order valence-electron chi connectivity index (χ3n) is 3.75. The lowest BCUT2D eigenvalue weighted by Gasteiger charge is -2.34. The average Bonchev–Trinajstić information content (AvgIpc) is 2.65. The maximum absolute atomic E-state index is 11.9. The molecule has 1 aromatic rings. The molecule has 2 heterocycles. The molecule has 0 N–H and O–H groups in total. The van der Waals surface area contributed by atoms with Crippen molar-refractivity contribution in [3.63, 3.8) is 0 Å². The Bertz CT molecular complexity index is 443.